The number of primary amides is 1. The Balaban J connectivity index is 1.64. The van der Waals surface area contributed by atoms with Gasteiger partial charge in [-0.2, -0.15) is 5.10 Å². The summed E-state index contributed by atoms with van der Waals surface area (Å²) in [6.07, 6.45) is -2.80. The molecule has 0 aliphatic carbocycles. The number of H-pyrrole nitrogens is 1. The van der Waals surface area contributed by atoms with E-state index >= 15 is 0 Å². The molecule has 12 heteroatoms. The van der Waals surface area contributed by atoms with E-state index in [-0.39, 0.29) is 21.1 Å². The molecule has 4 N–H and O–H groups in total. The highest BCUT2D eigenvalue weighted by molar-refractivity contribution is 7.21. The summed E-state index contributed by atoms with van der Waals surface area (Å²) < 4.78 is 27.2. The Morgan fingerprint density at radius 2 is 1.97 bits per heavy atom. The van der Waals surface area contributed by atoms with Crippen LogP contribution in [0.4, 0.5) is 14.5 Å². The number of hydrogen-bond donors (Lipinski definition) is 3. The second kappa shape index (κ2) is 8.70. The van der Waals surface area contributed by atoms with Crippen molar-refractivity contribution in [3.63, 3.8) is 0 Å². The molecule has 7 nitrogen and oxygen atoms in total. The van der Waals surface area contributed by atoms with Crippen molar-refractivity contribution in [2.75, 3.05) is 5.32 Å². The lowest BCUT2D eigenvalue weighted by Gasteiger charge is -2.09. The lowest BCUT2D eigenvalue weighted by molar-refractivity contribution is 0.100. The Hall–Kier alpha value is -3.48. The molecule has 34 heavy (non-hydrogen) atoms. The van der Waals surface area contributed by atoms with Crippen molar-refractivity contribution in [1.82, 2.24) is 15.2 Å². The smallest absolute Gasteiger partial charge is 0.280 e. The monoisotopic (exact) mass is 515 g/mol. The van der Waals surface area contributed by atoms with Gasteiger partial charge in [0.25, 0.3) is 18.2 Å². The Morgan fingerprint density at radius 3 is 2.62 bits per heavy atom. The first-order valence-corrected chi connectivity index (χ1v) is 12.4. The highest BCUT2D eigenvalue weighted by atomic mass is 32.1. The first-order chi connectivity index (χ1) is 16.3. The molecule has 0 unspecified atom stereocenters. The number of fused-ring (bicyclic) bond motifs is 1. The Morgan fingerprint density at radius 1 is 1.15 bits per heavy atom. The lowest BCUT2D eigenvalue weighted by atomic mass is 10.1. The third kappa shape index (κ3) is 4.00. The standard InChI is InChI=1S/C22H15F2N5O2S3/c1-9-4-5-14(33-9)10-7-12(19(23)24)26-22-16(10)17(18(34-22)20(25)30)27-21(31)13-8-11(28-29-13)15-3-2-6-32-15/h2-8,19H,1H3,(H2,25,30)(H,27,31)(H,28,29). The number of amides is 2. The molecule has 0 aliphatic rings. The van der Waals surface area contributed by atoms with Gasteiger partial charge >= 0.3 is 0 Å². The zero-order chi connectivity index (χ0) is 24.0. The van der Waals surface area contributed by atoms with Crippen LogP contribution in [0.3, 0.4) is 0 Å². The summed E-state index contributed by atoms with van der Waals surface area (Å²) in [4.78, 5) is 32.1. The van der Waals surface area contributed by atoms with Crippen molar-refractivity contribution in [2.45, 2.75) is 13.3 Å². The number of aromatic nitrogens is 3. The number of aryl methyl sites for hydroxylation is 1. The normalized spacial score (nSPS) is 11.4. The summed E-state index contributed by atoms with van der Waals surface area (Å²) in [6, 6.07) is 10.3. The van der Waals surface area contributed by atoms with E-state index in [2.05, 4.69) is 20.5 Å². The van der Waals surface area contributed by atoms with Gasteiger partial charge in [0, 0.05) is 20.7 Å². The molecule has 172 valence electrons. The van der Waals surface area contributed by atoms with E-state index in [1.807, 2.05) is 30.5 Å². The number of nitrogens with two attached hydrogens (primary N) is 1. The van der Waals surface area contributed by atoms with E-state index in [1.54, 1.807) is 12.1 Å². The third-order valence-corrected chi connectivity index (χ3v) is 8.01. The Bertz CT molecular complexity index is 1540. The van der Waals surface area contributed by atoms with E-state index in [0.29, 0.717) is 21.5 Å². The van der Waals surface area contributed by atoms with E-state index in [0.717, 1.165) is 21.1 Å². The fraction of sp³-hybridized carbons (Fsp3) is 0.0909. The minimum absolute atomic E-state index is 0.0193. The van der Waals surface area contributed by atoms with Crippen LogP contribution in [0, 0.1) is 6.92 Å². The number of thiophene rings is 3. The van der Waals surface area contributed by atoms with Gasteiger partial charge in [-0.3, -0.25) is 14.7 Å². The predicted octanol–water partition coefficient (Wildman–Crippen LogP) is 6.07. The average Bonchev–Trinajstić information content (AvgIpc) is 3.58. The zero-order valence-electron chi connectivity index (χ0n) is 17.4. The number of aromatic amines is 1. The number of carbonyl (C=O) groups is 2. The molecule has 5 heterocycles. The fourth-order valence-electron chi connectivity index (χ4n) is 3.47. The molecule has 5 aromatic rings. The van der Waals surface area contributed by atoms with Gasteiger partial charge in [0.15, 0.2) is 5.69 Å². The number of hydrogen-bond acceptors (Lipinski definition) is 7. The first-order valence-electron chi connectivity index (χ1n) is 9.84. The second-order valence-corrected chi connectivity index (χ2v) is 10.5. The van der Waals surface area contributed by atoms with Crippen LogP contribution < -0.4 is 11.1 Å². The summed E-state index contributed by atoms with van der Waals surface area (Å²) in [5.74, 6) is -1.38. The molecule has 0 bridgehead atoms. The molecule has 0 spiro atoms. The van der Waals surface area contributed by atoms with Gasteiger partial charge < -0.3 is 11.1 Å². The zero-order valence-corrected chi connectivity index (χ0v) is 19.8. The minimum atomic E-state index is -2.80. The molecule has 0 radical (unpaired) electrons. The van der Waals surface area contributed by atoms with Crippen LogP contribution in [0.5, 0.6) is 0 Å². The summed E-state index contributed by atoms with van der Waals surface area (Å²) in [5, 5.41) is 11.9. The number of nitrogens with zero attached hydrogens (tertiary/aromatic N) is 2. The molecule has 5 rings (SSSR count). The highest BCUT2D eigenvalue weighted by Gasteiger charge is 2.26. The molecule has 0 aliphatic heterocycles. The average molecular weight is 516 g/mol. The number of halogens is 2. The van der Waals surface area contributed by atoms with Gasteiger partial charge in [0.05, 0.1) is 16.3 Å². The van der Waals surface area contributed by atoms with Gasteiger partial charge in [0.2, 0.25) is 0 Å². The van der Waals surface area contributed by atoms with Crippen LogP contribution in [0.1, 0.15) is 37.2 Å². The van der Waals surface area contributed by atoms with Gasteiger partial charge in [0.1, 0.15) is 15.4 Å². The summed E-state index contributed by atoms with van der Waals surface area (Å²) in [7, 11) is 0. The predicted molar refractivity (Wildman–Crippen MR) is 131 cm³/mol. The second-order valence-electron chi connectivity index (χ2n) is 7.25. The van der Waals surface area contributed by atoms with Gasteiger partial charge in [-0.15, -0.1) is 34.0 Å². The summed E-state index contributed by atoms with van der Waals surface area (Å²) in [6.45, 7) is 1.90. The van der Waals surface area contributed by atoms with Crippen LogP contribution in [0.2, 0.25) is 0 Å². The fourth-order valence-corrected chi connectivity index (χ4v) is 6.07. The van der Waals surface area contributed by atoms with Crippen molar-refractivity contribution in [2.24, 2.45) is 5.73 Å². The molecule has 0 aromatic carbocycles. The van der Waals surface area contributed by atoms with Crippen LogP contribution in [-0.2, 0) is 0 Å². The molecule has 0 atom stereocenters. The van der Waals surface area contributed by atoms with Gasteiger partial charge in [-0.05, 0) is 42.6 Å². The summed E-state index contributed by atoms with van der Waals surface area (Å²) in [5.41, 5.74) is 6.50. The van der Waals surface area contributed by atoms with E-state index in [1.165, 1.54) is 28.7 Å². The van der Waals surface area contributed by atoms with Crippen molar-refractivity contribution in [3.8, 4) is 21.0 Å². The summed E-state index contributed by atoms with van der Waals surface area (Å²) >= 11 is 3.76. The van der Waals surface area contributed by atoms with Gasteiger partial charge in [-0.1, -0.05) is 6.07 Å². The maximum atomic E-state index is 13.6. The van der Waals surface area contributed by atoms with Gasteiger partial charge in [-0.25, -0.2) is 13.8 Å². The van der Waals surface area contributed by atoms with Crippen molar-refractivity contribution >= 4 is 61.7 Å². The van der Waals surface area contributed by atoms with Crippen LogP contribution in [-0.4, -0.2) is 27.0 Å². The highest BCUT2D eigenvalue weighted by Crippen LogP contribution is 2.44. The van der Waals surface area contributed by atoms with Crippen molar-refractivity contribution < 1.29 is 18.4 Å². The van der Waals surface area contributed by atoms with E-state index in [9.17, 15) is 18.4 Å². The molecule has 0 saturated carbocycles. The molecule has 0 saturated heterocycles. The molecule has 5 aromatic heterocycles. The molecule has 0 fully saturated rings. The number of rotatable bonds is 6. The lowest BCUT2D eigenvalue weighted by Crippen LogP contribution is -2.17. The quantitative estimate of drug-likeness (QED) is 0.254. The molecule has 2 amide bonds. The van der Waals surface area contributed by atoms with E-state index in [4.69, 9.17) is 5.73 Å². The third-order valence-electron chi connectivity index (χ3n) is 4.97. The van der Waals surface area contributed by atoms with Crippen molar-refractivity contribution in [3.05, 3.63) is 62.9 Å². The largest absolute Gasteiger partial charge is 0.365 e. The first kappa shape index (κ1) is 22.3. The number of alkyl halides is 2. The SMILES string of the molecule is Cc1ccc(-c2cc(C(F)F)nc3sc(C(N)=O)c(NC(=O)c4cc(-c5cccs5)[nH]n4)c23)s1. The molecular formula is C22H15F2N5O2S3. The van der Waals surface area contributed by atoms with Crippen LogP contribution >= 0.6 is 34.0 Å². The Kier molecular flexibility index (Phi) is 5.71. The van der Waals surface area contributed by atoms with E-state index < -0.39 is 23.9 Å². The Labute approximate surface area is 203 Å². The number of anilines is 1. The maximum absolute atomic E-state index is 13.6. The number of carbonyl (C=O) groups excluding carboxylic acids is 2. The molecular weight excluding hydrogens is 500 g/mol. The van der Waals surface area contributed by atoms with Crippen molar-refractivity contribution in [1.29, 1.82) is 0 Å². The minimum Gasteiger partial charge on any atom is -0.365 e. The number of nitrogens with one attached hydrogen (secondary N) is 2. The topological polar surface area (TPSA) is 114 Å². The van der Waals surface area contributed by atoms with Crippen LogP contribution in [0.25, 0.3) is 31.2 Å². The number of pyridine rings is 1. The van der Waals surface area contributed by atoms with Crippen LogP contribution in [0.15, 0.2) is 41.8 Å². The maximum Gasteiger partial charge on any atom is 0.280 e.